The van der Waals surface area contributed by atoms with Crippen molar-refractivity contribution in [2.75, 3.05) is 26.7 Å². The Labute approximate surface area is 193 Å². The van der Waals surface area contributed by atoms with E-state index in [4.69, 9.17) is 5.10 Å². The first kappa shape index (κ1) is 22.3. The van der Waals surface area contributed by atoms with Gasteiger partial charge in [-0.05, 0) is 42.8 Å². The van der Waals surface area contributed by atoms with Crippen LogP contribution in [0.5, 0.6) is 0 Å². The minimum absolute atomic E-state index is 0.00437. The second-order valence-electron chi connectivity index (χ2n) is 8.33. The number of unbranched alkanes of at least 4 members (excludes halogenated alkanes) is 1. The molecule has 0 spiro atoms. The molecule has 0 N–H and O–H groups in total. The van der Waals surface area contributed by atoms with Crippen molar-refractivity contribution >= 4 is 23.2 Å². The predicted molar refractivity (Wildman–Crippen MR) is 128 cm³/mol. The van der Waals surface area contributed by atoms with Crippen molar-refractivity contribution in [3.05, 3.63) is 59.6 Å². The van der Waals surface area contributed by atoms with Gasteiger partial charge in [-0.15, -0.1) is 11.3 Å². The van der Waals surface area contributed by atoms with E-state index in [0.29, 0.717) is 37.2 Å². The van der Waals surface area contributed by atoms with Crippen LogP contribution in [0.4, 0.5) is 0 Å². The first-order chi connectivity index (χ1) is 15.6. The van der Waals surface area contributed by atoms with Gasteiger partial charge in [0.15, 0.2) is 0 Å². The molecule has 0 bridgehead atoms. The molecule has 0 radical (unpaired) electrons. The number of amides is 2. The fraction of sp³-hybridized carbons (Fsp3) is 0.400. The van der Waals surface area contributed by atoms with Gasteiger partial charge < -0.3 is 9.80 Å². The largest absolute Gasteiger partial charge is 0.346 e. The molecule has 1 aliphatic rings. The fourth-order valence-electron chi connectivity index (χ4n) is 4.16. The second kappa shape index (κ2) is 10.1. The smallest absolute Gasteiger partial charge is 0.257 e. The molecule has 4 rings (SSSR count). The van der Waals surface area contributed by atoms with Crippen LogP contribution in [0.15, 0.2) is 54.0 Å². The lowest BCUT2D eigenvalue weighted by molar-refractivity contribution is -0.135. The molecule has 2 aromatic heterocycles. The third-order valence-electron chi connectivity index (χ3n) is 6.07. The van der Waals surface area contributed by atoms with Crippen molar-refractivity contribution in [2.45, 2.75) is 32.6 Å². The lowest BCUT2D eigenvalue weighted by Crippen LogP contribution is -2.43. The second-order valence-corrected chi connectivity index (χ2v) is 9.28. The van der Waals surface area contributed by atoms with Gasteiger partial charge >= 0.3 is 0 Å². The molecule has 6 nitrogen and oxygen atoms in total. The van der Waals surface area contributed by atoms with E-state index >= 15 is 0 Å². The maximum atomic E-state index is 13.5. The molecule has 3 aromatic rings. The minimum atomic E-state index is -0.0131. The summed E-state index contributed by atoms with van der Waals surface area (Å²) >= 11 is 1.58. The van der Waals surface area contributed by atoms with Crippen LogP contribution >= 0.6 is 11.3 Å². The number of likely N-dealkylation sites (tertiary alicyclic amines) is 1. The number of thiophene rings is 1. The van der Waals surface area contributed by atoms with Gasteiger partial charge in [0.2, 0.25) is 5.91 Å². The standard InChI is InChI=1S/C25H30N4O2S/c1-3-4-14-27(2)24(30)19-12-15-28(16-13-19)25(31)21-18-29(20-9-6-5-7-10-20)26-23(21)22-11-8-17-32-22/h5-11,17-19H,3-4,12-16H2,1-2H3. The summed E-state index contributed by atoms with van der Waals surface area (Å²) in [7, 11) is 1.89. The van der Waals surface area contributed by atoms with Gasteiger partial charge in [-0.3, -0.25) is 9.59 Å². The predicted octanol–water partition coefficient (Wildman–Crippen LogP) is 4.71. The summed E-state index contributed by atoms with van der Waals surface area (Å²) in [6, 6.07) is 13.8. The van der Waals surface area contributed by atoms with Crippen molar-refractivity contribution < 1.29 is 9.59 Å². The average molecular weight is 451 g/mol. The Hall–Kier alpha value is -2.93. The summed E-state index contributed by atoms with van der Waals surface area (Å²) in [5.74, 6) is 0.201. The molecule has 1 fully saturated rings. The number of para-hydroxylation sites is 1. The summed E-state index contributed by atoms with van der Waals surface area (Å²) in [5.41, 5.74) is 2.25. The third-order valence-corrected chi connectivity index (χ3v) is 6.95. The number of hydrogen-bond acceptors (Lipinski definition) is 4. The molecular weight excluding hydrogens is 420 g/mol. The minimum Gasteiger partial charge on any atom is -0.346 e. The Morgan fingerprint density at radius 1 is 1.12 bits per heavy atom. The Balaban J connectivity index is 1.50. The lowest BCUT2D eigenvalue weighted by Gasteiger charge is -2.33. The molecule has 0 aliphatic carbocycles. The van der Waals surface area contributed by atoms with E-state index in [9.17, 15) is 9.59 Å². The van der Waals surface area contributed by atoms with Crippen LogP contribution < -0.4 is 0 Å². The van der Waals surface area contributed by atoms with E-state index in [-0.39, 0.29) is 17.7 Å². The monoisotopic (exact) mass is 450 g/mol. The molecule has 0 atom stereocenters. The zero-order valence-corrected chi connectivity index (χ0v) is 19.6. The quantitative estimate of drug-likeness (QED) is 0.524. The Morgan fingerprint density at radius 2 is 1.88 bits per heavy atom. The molecule has 0 unspecified atom stereocenters. The maximum absolute atomic E-state index is 13.5. The van der Waals surface area contributed by atoms with E-state index in [0.717, 1.165) is 30.0 Å². The molecule has 0 saturated carbocycles. The van der Waals surface area contributed by atoms with Gasteiger partial charge in [0.25, 0.3) is 5.91 Å². The van der Waals surface area contributed by atoms with Crippen LogP contribution in [0.25, 0.3) is 16.3 Å². The van der Waals surface area contributed by atoms with Crippen LogP contribution in [0.1, 0.15) is 43.0 Å². The highest BCUT2D eigenvalue weighted by Gasteiger charge is 2.31. The highest BCUT2D eigenvalue weighted by atomic mass is 32.1. The molecule has 7 heteroatoms. The summed E-state index contributed by atoms with van der Waals surface area (Å²) < 4.78 is 1.78. The van der Waals surface area contributed by atoms with Gasteiger partial charge in [0.1, 0.15) is 5.69 Å². The van der Waals surface area contributed by atoms with E-state index in [1.807, 2.05) is 70.9 Å². The zero-order valence-electron chi connectivity index (χ0n) is 18.7. The van der Waals surface area contributed by atoms with Crippen molar-refractivity contribution in [2.24, 2.45) is 5.92 Å². The number of hydrogen-bond donors (Lipinski definition) is 0. The van der Waals surface area contributed by atoms with E-state index in [1.54, 1.807) is 16.0 Å². The van der Waals surface area contributed by atoms with Crippen LogP contribution in [-0.4, -0.2) is 58.1 Å². The SMILES string of the molecule is CCCCN(C)C(=O)C1CCN(C(=O)c2cn(-c3ccccc3)nc2-c2cccs2)CC1. The summed E-state index contributed by atoms with van der Waals surface area (Å²) in [6.07, 6.45) is 5.36. The summed E-state index contributed by atoms with van der Waals surface area (Å²) in [4.78, 5) is 30.9. The molecule has 1 aromatic carbocycles. The average Bonchev–Trinajstić information content (AvgIpc) is 3.52. The molecular formula is C25H30N4O2S. The fourth-order valence-corrected chi connectivity index (χ4v) is 4.88. The molecule has 1 saturated heterocycles. The molecule has 2 amide bonds. The van der Waals surface area contributed by atoms with Gasteiger partial charge in [0.05, 0.1) is 16.1 Å². The number of aromatic nitrogens is 2. The highest BCUT2D eigenvalue weighted by Crippen LogP contribution is 2.30. The maximum Gasteiger partial charge on any atom is 0.257 e. The van der Waals surface area contributed by atoms with E-state index in [1.165, 1.54) is 0 Å². The van der Waals surface area contributed by atoms with Gasteiger partial charge in [-0.25, -0.2) is 4.68 Å². The third kappa shape index (κ3) is 4.78. The number of rotatable bonds is 7. The number of nitrogens with zero attached hydrogens (tertiary/aromatic N) is 4. The van der Waals surface area contributed by atoms with E-state index in [2.05, 4.69) is 6.92 Å². The molecule has 32 heavy (non-hydrogen) atoms. The molecule has 3 heterocycles. The number of benzene rings is 1. The van der Waals surface area contributed by atoms with Gasteiger partial charge in [-0.1, -0.05) is 37.6 Å². The van der Waals surface area contributed by atoms with Crippen molar-refractivity contribution in [3.8, 4) is 16.3 Å². The topological polar surface area (TPSA) is 58.4 Å². The van der Waals surface area contributed by atoms with Gasteiger partial charge in [0, 0.05) is 38.8 Å². The van der Waals surface area contributed by atoms with E-state index < -0.39 is 0 Å². The number of carbonyl (C=O) groups excluding carboxylic acids is 2. The summed E-state index contributed by atoms with van der Waals surface area (Å²) in [5, 5.41) is 6.75. The van der Waals surface area contributed by atoms with Crippen LogP contribution in [0, 0.1) is 5.92 Å². The zero-order chi connectivity index (χ0) is 22.5. The Morgan fingerprint density at radius 3 is 2.53 bits per heavy atom. The van der Waals surface area contributed by atoms with Crippen LogP contribution in [-0.2, 0) is 4.79 Å². The van der Waals surface area contributed by atoms with Crippen molar-refractivity contribution in [1.29, 1.82) is 0 Å². The van der Waals surface area contributed by atoms with Crippen molar-refractivity contribution in [1.82, 2.24) is 19.6 Å². The molecule has 1 aliphatic heterocycles. The Kier molecular flexibility index (Phi) is 7.05. The number of piperidine rings is 1. The van der Waals surface area contributed by atoms with Crippen LogP contribution in [0.2, 0.25) is 0 Å². The number of carbonyl (C=O) groups is 2. The molecule has 168 valence electrons. The lowest BCUT2D eigenvalue weighted by atomic mass is 9.94. The van der Waals surface area contributed by atoms with Gasteiger partial charge in [-0.2, -0.15) is 5.10 Å². The van der Waals surface area contributed by atoms with Crippen molar-refractivity contribution in [3.63, 3.8) is 0 Å². The summed E-state index contributed by atoms with van der Waals surface area (Å²) in [6.45, 7) is 4.12. The first-order valence-corrected chi connectivity index (χ1v) is 12.2. The Bertz CT molecular complexity index is 1040. The normalized spacial score (nSPS) is 14.5. The first-order valence-electron chi connectivity index (χ1n) is 11.3. The van der Waals surface area contributed by atoms with Crippen LogP contribution in [0.3, 0.4) is 0 Å². The highest BCUT2D eigenvalue weighted by molar-refractivity contribution is 7.13.